The molecule has 2 saturated heterocycles. The number of methoxy groups -OCH3 is 2. The first-order valence-electron chi connectivity index (χ1n) is 18.5. The SMILES string of the molecule is COc1cccc(N=C2S/C(=C/c3ccccc3)C(=O)N2c2ccc(-c3ccc(N4C(=O)/C(=C\c5ccccc5)SC4=Nc4cccc(OC)c4)c(C)c3)cc2C)c1. The van der Waals surface area contributed by atoms with E-state index in [9.17, 15) is 9.59 Å². The maximum atomic E-state index is 14.2. The van der Waals surface area contributed by atoms with E-state index in [4.69, 9.17) is 19.5 Å². The molecule has 8 rings (SSSR count). The predicted molar refractivity (Wildman–Crippen MR) is 241 cm³/mol. The maximum absolute atomic E-state index is 14.2. The number of rotatable bonds is 9. The van der Waals surface area contributed by atoms with Gasteiger partial charge in [-0.3, -0.25) is 19.4 Å². The first-order valence-corrected chi connectivity index (χ1v) is 20.2. The lowest BCUT2D eigenvalue weighted by Crippen LogP contribution is -2.29. The molecule has 2 heterocycles. The molecule has 58 heavy (non-hydrogen) atoms. The van der Waals surface area contributed by atoms with Crippen molar-refractivity contribution in [3.8, 4) is 22.6 Å². The number of hydrogen-bond acceptors (Lipinski definition) is 8. The van der Waals surface area contributed by atoms with Crippen molar-refractivity contribution in [1.29, 1.82) is 0 Å². The summed E-state index contributed by atoms with van der Waals surface area (Å²) in [5.74, 6) is 1.07. The largest absolute Gasteiger partial charge is 0.497 e. The Hall–Kier alpha value is -6.62. The van der Waals surface area contributed by atoms with E-state index in [-0.39, 0.29) is 11.8 Å². The lowest BCUT2D eigenvalue weighted by Gasteiger charge is -2.21. The van der Waals surface area contributed by atoms with E-state index in [0.29, 0.717) is 43.0 Å². The molecule has 0 unspecified atom stereocenters. The molecule has 6 aromatic rings. The Morgan fingerprint density at radius 1 is 0.500 bits per heavy atom. The molecule has 286 valence electrons. The summed E-state index contributed by atoms with van der Waals surface area (Å²) in [7, 11) is 3.24. The molecule has 10 heteroatoms. The van der Waals surface area contributed by atoms with Gasteiger partial charge in [-0.15, -0.1) is 0 Å². The van der Waals surface area contributed by atoms with Crippen molar-refractivity contribution in [3.63, 3.8) is 0 Å². The zero-order chi connectivity index (χ0) is 40.2. The van der Waals surface area contributed by atoms with Crippen LogP contribution in [0.2, 0.25) is 0 Å². The quantitative estimate of drug-likeness (QED) is 0.135. The van der Waals surface area contributed by atoms with Crippen molar-refractivity contribution in [3.05, 3.63) is 178 Å². The number of hydrogen-bond donors (Lipinski definition) is 0. The molecular weight excluding hydrogens is 761 g/mol. The molecule has 0 bridgehead atoms. The summed E-state index contributed by atoms with van der Waals surface area (Å²) < 4.78 is 10.9. The van der Waals surface area contributed by atoms with Crippen LogP contribution < -0.4 is 19.3 Å². The number of aliphatic imine (C=N–C) groups is 2. The van der Waals surface area contributed by atoms with Gasteiger partial charge in [0.25, 0.3) is 11.8 Å². The molecule has 2 aliphatic rings. The van der Waals surface area contributed by atoms with Crippen LogP contribution >= 0.6 is 23.5 Å². The highest BCUT2D eigenvalue weighted by molar-refractivity contribution is 8.19. The summed E-state index contributed by atoms with van der Waals surface area (Å²) in [5.41, 5.74) is 8.46. The number of nitrogens with zero attached hydrogens (tertiary/aromatic N) is 4. The Bertz CT molecular complexity index is 2490. The van der Waals surface area contributed by atoms with Crippen molar-refractivity contribution in [2.24, 2.45) is 9.98 Å². The van der Waals surface area contributed by atoms with E-state index in [1.165, 1.54) is 23.5 Å². The van der Waals surface area contributed by atoms with Crippen LogP contribution in [0.5, 0.6) is 11.5 Å². The second kappa shape index (κ2) is 16.9. The monoisotopic (exact) mass is 798 g/mol. The minimum atomic E-state index is -0.146. The highest BCUT2D eigenvalue weighted by Crippen LogP contribution is 2.42. The van der Waals surface area contributed by atoms with Crippen LogP contribution in [0.15, 0.2) is 165 Å². The fourth-order valence-electron chi connectivity index (χ4n) is 6.68. The number of carbonyl (C=O) groups is 2. The number of carbonyl (C=O) groups excluding carboxylic acids is 2. The first kappa shape index (κ1) is 38.3. The standard InChI is InChI=1S/C48H38N4O4S2/c1-31-25-35(21-23-41(31)51-45(53)43(27-33-13-7-5-8-14-33)57-47(51)49-37-17-11-19-39(29-37)55-3)36-22-24-42(32(2)26-36)52-46(54)44(28-34-15-9-6-10-16-34)58-48(52)50-38-18-12-20-40(30-38)56-4/h5-30H,1-4H3/b43-27+,44-28+,49-47?,50-48?. The number of amides is 2. The Morgan fingerprint density at radius 2 is 0.914 bits per heavy atom. The van der Waals surface area contributed by atoms with E-state index in [1.54, 1.807) is 24.0 Å². The summed E-state index contributed by atoms with van der Waals surface area (Å²) in [4.78, 5) is 42.7. The van der Waals surface area contributed by atoms with Crippen LogP contribution in [-0.2, 0) is 9.59 Å². The van der Waals surface area contributed by atoms with Gasteiger partial charge in [-0.1, -0.05) is 84.9 Å². The van der Waals surface area contributed by atoms with Gasteiger partial charge in [0, 0.05) is 12.1 Å². The minimum absolute atomic E-state index is 0.146. The number of amidine groups is 2. The van der Waals surface area contributed by atoms with Gasteiger partial charge >= 0.3 is 0 Å². The number of anilines is 2. The zero-order valence-electron chi connectivity index (χ0n) is 32.2. The van der Waals surface area contributed by atoms with Gasteiger partial charge in [0.05, 0.1) is 46.8 Å². The summed E-state index contributed by atoms with van der Waals surface area (Å²) in [6, 6.07) is 46.7. The van der Waals surface area contributed by atoms with E-state index in [1.807, 2.05) is 159 Å². The third-order valence-corrected chi connectivity index (χ3v) is 11.5. The Morgan fingerprint density at radius 3 is 1.29 bits per heavy atom. The van der Waals surface area contributed by atoms with Gasteiger partial charge in [0.2, 0.25) is 0 Å². The van der Waals surface area contributed by atoms with E-state index < -0.39 is 0 Å². The van der Waals surface area contributed by atoms with Crippen molar-refractivity contribution in [2.45, 2.75) is 13.8 Å². The molecule has 0 aliphatic carbocycles. The molecule has 8 nitrogen and oxygen atoms in total. The highest BCUT2D eigenvalue weighted by atomic mass is 32.2. The van der Waals surface area contributed by atoms with Gasteiger partial charge in [0.1, 0.15) is 11.5 Å². The normalized spacial score (nSPS) is 17.0. The van der Waals surface area contributed by atoms with Gasteiger partial charge < -0.3 is 9.47 Å². The molecule has 0 N–H and O–H groups in total. The molecule has 0 spiro atoms. The molecular formula is C48H38N4O4S2. The van der Waals surface area contributed by atoms with Crippen LogP contribution in [0.3, 0.4) is 0 Å². The van der Waals surface area contributed by atoms with Crippen molar-refractivity contribution in [1.82, 2.24) is 0 Å². The fraction of sp³-hybridized carbons (Fsp3) is 0.0833. The van der Waals surface area contributed by atoms with Gasteiger partial charge in [-0.05, 0) is 131 Å². The summed E-state index contributed by atoms with van der Waals surface area (Å²) in [6.45, 7) is 4.00. The van der Waals surface area contributed by atoms with Gasteiger partial charge in [-0.2, -0.15) is 0 Å². The van der Waals surface area contributed by atoms with Crippen molar-refractivity contribution in [2.75, 3.05) is 24.0 Å². The lowest BCUT2D eigenvalue weighted by molar-refractivity contribution is -0.114. The van der Waals surface area contributed by atoms with Gasteiger partial charge in [-0.25, -0.2) is 9.98 Å². The zero-order valence-corrected chi connectivity index (χ0v) is 33.9. The number of ether oxygens (including phenoxy) is 2. The molecule has 2 aliphatic heterocycles. The lowest BCUT2D eigenvalue weighted by atomic mass is 9.99. The maximum Gasteiger partial charge on any atom is 0.271 e. The number of aryl methyl sites for hydroxylation is 2. The Labute approximate surface area is 346 Å². The summed E-state index contributed by atoms with van der Waals surface area (Å²) in [6.07, 6.45) is 3.80. The minimum Gasteiger partial charge on any atom is -0.497 e. The third-order valence-electron chi connectivity index (χ3n) is 9.57. The molecule has 0 aromatic heterocycles. The third kappa shape index (κ3) is 8.11. The highest BCUT2D eigenvalue weighted by Gasteiger charge is 2.37. The molecule has 0 saturated carbocycles. The van der Waals surface area contributed by atoms with E-state index in [2.05, 4.69) is 12.1 Å². The van der Waals surface area contributed by atoms with E-state index >= 15 is 0 Å². The fourth-order valence-corrected chi connectivity index (χ4v) is 8.66. The first-order chi connectivity index (χ1) is 28.3. The second-order valence-electron chi connectivity index (χ2n) is 13.5. The molecule has 2 amide bonds. The molecule has 2 fully saturated rings. The van der Waals surface area contributed by atoms with E-state index in [0.717, 1.165) is 44.8 Å². The average molecular weight is 799 g/mol. The number of benzene rings is 6. The van der Waals surface area contributed by atoms with Crippen LogP contribution in [-0.4, -0.2) is 36.4 Å². The Kier molecular flexibility index (Phi) is 11.1. The van der Waals surface area contributed by atoms with Crippen LogP contribution in [0.4, 0.5) is 22.7 Å². The second-order valence-corrected chi connectivity index (χ2v) is 15.5. The van der Waals surface area contributed by atoms with Crippen molar-refractivity contribution >= 4 is 80.6 Å². The molecule has 6 aromatic carbocycles. The van der Waals surface area contributed by atoms with Crippen molar-refractivity contribution < 1.29 is 19.1 Å². The van der Waals surface area contributed by atoms with Crippen LogP contribution in [0.25, 0.3) is 23.3 Å². The summed E-state index contributed by atoms with van der Waals surface area (Å²) in [5, 5.41) is 1.11. The Balaban J connectivity index is 1.13. The van der Waals surface area contributed by atoms with Crippen LogP contribution in [0.1, 0.15) is 22.3 Å². The average Bonchev–Trinajstić information content (AvgIpc) is 3.71. The molecule has 0 atom stereocenters. The smallest absolute Gasteiger partial charge is 0.271 e. The topological polar surface area (TPSA) is 83.8 Å². The number of thioether (sulfide) groups is 2. The van der Waals surface area contributed by atoms with Gasteiger partial charge in [0.15, 0.2) is 10.3 Å². The summed E-state index contributed by atoms with van der Waals surface area (Å²) >= 11 is 2.69. The molecule has 0 radical (unpaired) electrons. The van der Waals surface area contributed by atoms with Crippen LogP contribution in [0, 0.1) is 13.8 Å². The predicted octanol–water partition coefficient (Wildman–Crippen LogP) is 11.6.